The van der Waals surface area contributed by atoms with E-state index in [1.807, 2.05) is 6.92 Å². The molecule has 3 nitrogen and oxygen atoms in total. The Morgan fingerprint density at radius 1 is 1.47 bits per heavy atom. The molecule has 1 aromatic carbocycles. The molecule has 17 heavy (non-hydrogen) atoms. The van der Waals surface area contributed by atoms with Crippen LogP contribution in [0.2, 0.25) is 0 Å². The van der Waals surface area contributed by atoms with Crippen molar-refractivity contribution in [1.82, 2.24) is 0 Å². The Bertz CT molecular complexity index is 456. The van der Waals surface area contributed by atoms with Crippen molar-refractivity contribution in [2.45, 2.75) is 32.2 Å². The molecule has 1 fully saturated rings. The molecular weight excluding hydrogens is 219 g/mol. The third kappa shape index (κ3) is 1.88. The first kappa shape index (κ1) is 11.9. The number of primary amides is 1. The van der Waals surface area contributed by atoms with Crippen LogP contribution in [0.25, 0.3) is 0 Å². The molecule has 1 aliphatic carbocycles. The Balaban J connectivity index is 2.32. The van der Waals surface area contributed by atoms with Crippen LogP contribution in [-0.2, 0) is 4.79 Å². The summed E-state index contributed by atoms with van der Waals surface area (Å²) in [5.41, 5.74) is 4.71. The fraction of sp³-hybridized carbons (Fsp3) is 0.462. The lowest BCUT2D eigenvalue weighted by molar-refractivity contribution is -0.123. The summed E-state index contributed by atoms with van der Waals surface area (Å²) in [5.74, 6) is -0.815. The van der Waals surface area contributed by atoms with E-state index in [1.165, 1.54) is 6.07 Å². The van der Waals surface area contributed by atoms with Gasteiger partial charge in [0.2, 0.25) is 5.91 Å². The minimum Gasteiger partial charge on any atom is -0.369 e. The van der Waals surface area contributed by atoms with Crippen LogP contribution in [-0.4, -0.2) is 11.4 Å². The normalized spacial score (nSPS) is 20.4. The smallest absolute Gasteiger partial charge is 0.243 e. The van der Waals surface area contributed by atoms with Gasteiger partial charge in [-0.05, 0) is 37.3 Å². The van der Waals surface area contributed by atoms with Crippen molar-refractivity contribution in [3.05, 3.63) is 30.1 Å². The molecule has 1 atom stereocenters. The Morgan fingerprint density at radius 3 is 2.53 bits per heavy atom. The maximum atomic E-state index is 13.6. The molecule has 1 aromatic rings. The first-order chi connectivity index (χ1) is 7.89. The van der Waals surface area contributed by atoms with E-state index in [2.05, 4.69) is 5.32 Å². The molecule has 1 saturated carbocycles. The molecule has 0 radical (unpaired) electrons. The van der Waals surface area contributed by atoms with Crippen molar-refractivity contribution in [1.29, 1.82) is 0 Å². The number of carbonyl (C=O) groups is 1. The molecule has 1 amide bonds. The van der Waals surface area contributed by atoms with Gasteiger partial charge in [0.25, 0.3) is 0 Å². The molecule has 4 heteroatoms. The Labute approximate surface area is 100 Å². The summed E-state index contributed by atoms with van der Waals surface area (Å²) in [6, 6.07) is 6.31. The average molecular weight is 236 g/mol. The van der Waals surface area contributed by atoms with Crippen molar-refractivity contribution in [2.75, 3.05) is 5.32 Å². The first-order valence-electron chi connectivity index (χ1n) is 5.72. The summed E-state index contributed by atoms with van der Waals surface area (Å²) in [6.07, 6.45) is 1.85. The van der Waals surface area contributed by atoms with Gasteiger partial charge in [0.15, 0.2) is 0 Å². The third-order valence-corrected chi connectivity index (χ3v) is 3.96. The highest BCUT2D eigenvalue weighted by molar-refractivity contribution is 5.89. The van der Waals surface area contributed by atoms with Crippen molar-refractivity contribution in [3.63, 3.8) is 0 Å². The molecule has 2 rings (SSSR count). The molecule has 92 valence electrons. The number of hydrogen-bond acceptors (Lipinski definition) is 2. The van der Waals surface area contributed by atoms with E-state index in [0.29, 0.717) is 5.69 Å². The largest absolute Gasteiger partial charge is 0.369 e. The summed E-state index contributed by atoms with van der Waals surface area (Å²) in [7, 11) is 0. The number of rotatable bonds is 4. The number of anilines is 1. The van der Waals surface area contributed by atoms with E-state index in [0.717, 1.165) is 12.8 Å². The van der Waals surface area contributed by atoms with Crippen LogP contribution < -0.4 is 11.1 Å². The van der Waals surface area contributed by atoms with Gasteiger partial charge in [0.1, 0.15) is 11.4 Å². The van der Waals surface area contributed by atoms with Crippen LogP contribution in [0, 0.1) is 11.2 Å². The molecular formula is C13H17FN2O. The molecule has 0 bridgehead atoms. The van der Waals surface area contributed by atoms with Crippen molar-refractivity contribution < 1.29 is 9.18 Å². The topological polar surface area (TPSA) is 55.1 Å². The van der Waals surface area contributed by atoms with Crippen LogP contribution in [0.1, 0.15) is 26.7 Å². The predicted molar refractivity (Wildman–Crippen MR) is 65.0 cm³/mol. The Hall–Kier alpha value is -1.58. The molecule has 0 saturated heterocycles. The lowest BCUT2D eigenvalue weighted by Crippen LogP contribution is -2.54. The molecule has 1 unspecified atom stereocenters. The number of halogens is 1. The number of nitrogens with two attached hydrogens (primary N) is 1. The van der Waals surface area contributed by atoms with E-state index >= 15 is 0 Å². The fourth-order valence-corrected chi connectivity index (χ4v) is 2.03. The minimum absolute atomic E-state index is 0.179. The highest BCUT2D eigenvalue weighted by Crippen LogP contribution is 2.54. The summed E-state index contributed by atoms with van der Waals surface area (Å²) in [4.78, 5) is 11.7. The minimum atomic E-state index is -0.908. The molecule has 0 aliphatic heterocycles. The molecule has 0 aromatic heterocycles. The van der Waals surface area contributed by atoms with Gasteiger partial charge in [0, 0.05) is 0 Å². The van der Waals surface area contributed by atoms with E-state index in [1.54, 1.807) is 25.1 Å². The third-order valence-electron chi connectivity index (χ3n) is 3.96. The zero-order valence-corrected chi connectivity index (χ0v) is 10.1. The van der Waals surface area contributed by atoms with E-state index in [4.69, 9.17) is 5.73 Å². The Kier molecular flexibility index (Phi) is 2.60. The van der Waals surface area contributed by atoms with Crippen LogP contribution in [0.4, 0.5) is 10.1 Å². The number of hydrogen-bond donors (Lipinski definition) is 2. The van der Waals surface area contributed by atoms with Gasteiger partial charge in [-0.25, -0.2) is 4.39 Å². The highest BCUT2D eigenvalue weighted by atomic mass is 19.1. The number of para-hydroxylation sites is 1. The summed E-state index contributed by atoms with van der Waals surface area (Å²) in [6.45, 7) is 3.74. The van der Waals surface area contributed by atoms with Gasteiger partial charge < -0.3 is 11.1 Å². The van der Waals surface area contributed by atoms with Gasteiger partial charge in [-0.3, -0.25) is 4.79 Å². The first-order valence-corrected chi connectivity index (χ1v) is 5.72. The lowest BCUT2D eigenvalue weighted by atomic mass is 9.82. The second kappa shape index (κ2) is 3.72. The highest BCUT2D eigenvalue weighted by Gasteiger charge is 2.56. The van der Waals surface area contributed by atoms with Crippen molar-refractivity contribution in [2.24, 2.45) is 11.1 Å². The van der Waals surface area contributed by atoms with Crippen LogP contribution in [0.3, 0.4) is 0 Å². The maximum absolute atomic E-state index is 13.6. The van der Waals surface area contributed by atoms with Gasteiger partial charge in [-0.1, -0.05) is 19.1 Å². The number of benzene rings is 1. The predicted octanol–water partition coefficient (Wildman–Crippen LogP) is 2.28. The maximum Gasteiger partial charge on any atom is 0.243 e. The van der Waals surface area contributed by atoms with Gasteiger partial charge in [0.05, 0.1) is 5.69 Å². The van der Waals surface area contributed by atoms with Crippen LogP contribution in [0.5, 0.6) is 0 Å². The molecule has 1 aliphatic rings. The van der Waals surface area contributed by atoms with Crippen molar-refractivity contribution >= 4 is 11.6 Å². The second-order valence-corrected chi connectivity index (χ2v) is 5.15. The second-order valence-electron chi connectivity index (χ2n) is 5.15. The van der Waals surface area contributed by atoms with E-state index in [9.17, 15) is 9.18 Å². The lowest BCUT2D eigenvalue weighted by Gasteiger charge is -2.35. The summed E-state index contributed by atoms with van der Waals surface area (Å²) >= 11 is 0. The standard InChI is InChI=1S/C13H17FN2O/c1-12(7-8-12)13(2,11(15)17)16-10-6-4-3-5-9(10)14/h3-6,16H,7-8H2,1-2H3,(H2,15,17). The van der Waals surface area contributed by atoms with E-state index < -0.39 is 11.4 Å². The van der Waals surface area contributed by atoms with Crippen molar-refractivity contribution in [3.8, 4) is 0 Å². The van der Waals surface area contributed by atoms with Gasteiger partial charge >= 0.3 is 0 Å². The van der Waals surface area contributed by atoms with Gasteiger partial charge in [-0.2, -0.15) is 0 Å². The molecule has 0 heterocycles. The number of nitrogens with one attached hydrogen (secondary N) is 1. The van der Waals surface area contributed by atoms with E-state index in [-0.39, 0.29) is 11.2 Å². The molecule has 0 spiro atoms. The SMILES string of the molecule is CC1(C(C)(Nc2ccccc2F)C(N)=O)CC1. The number of carbonyl (C=O) groups excluding carboxylic acids is 1. The Morgan fingerprint density at radius 2 is 2.06 bits per heavy atom. The van der Waals surface area contributed by atoms with Crippen LogP contribution >= 0.6 is 0 Å². The zero-order chi connectivity index (χ0) is 12.7. The zero-order valence-electron chi connectivity index (χ0n) is 10.1. The van der Waals surface area contributed by atoms with Gasteiger partial charge in [-0.15, -0.1) is 0 Å². The number of amides is 1. The van der Waals surface area contributed by atoms with Crippen LogP contribution in [0.15, 0.2) is 24.3 Å². The summed E-state index contributed by atoms with van der Waals surface area (Å²) < 4.78 is 13.6. The monoisotopic (exact) mass is 236 g/mol. The molecule has 3 N–H and O–H groups in total. The quantitative estimate of drug-likeness (QED) is 0.842. The average Bonchev–Trinajstić information content (AvgIpc) is 3.01. The summed E-state index contributed by atoms with van der Waals surface area (Å²) in [5, 5.41) is 2.98. The fourth-order valence-electron chi connectivity index (χ4n) is 2.03.